The van der Waals surface area contributed by atoms with Crippen LogP contribution in [0.15, 0.2) is 60.8 Å². The molecule has 0 fully saturated rings. The molecule has 1 aliphatic rings. The van der Waals surface area contributed by atoms with Crippen molar-refractivity contribution in [2.45, 2.75) is 12.3 Å². The lowest BCUT2D eigenvalue weighted by molar-refractivity contribution is -0.116. The van der Waals surface area contributed by atoms with E-state index in [1.165, 1.54) is 0 Å². The van der Waals surface area contributed by atoms with E-state index in [0.717, 1.165) is 16.9 Å². The van der Waals surface area contributed by atoms with Crippen LogP contribution in [-0.2, 0) is 4.79 Å². The Kier molecular flexibility index (Phi) is 4.16. The maximum absolute atomic E-state index is 12.3. The second-order valence-corrected chi connectivity index (χ2v) is 6.40. The molecule has 0 saturated carbocycles. The topological polar surface area (TPSA) is 80.6 Å². The van der Waals surface area contributed by atoms with Gasteiger partial charge in [0.25, 0.3) is 0 Å². The molecular weight excluding hydrogens is 344 g/mol. The number of carbonyl (C=O) groups is 2. The van der Waals surface area contributed by atoms with Crippen LogP contribution in [0, 0.1) is 0 Å². The Bertz CT molecular complexity index is 1020. The van der Waals surface area contributed by atoms with E-state index in [-0.39, 0.29) is 23.8 Å². The Hall–Kier alpha value is -3.54. The van der Waals surface area contributed by atoms with Gasteiger partial charge in [-0.3, -0.25) is 4.79 Å². The van der Waals surface area contributed by atoms with Gasteiger partial charge in [-0.25, -0.2) is 4.79 Å². The van der Waals surface area contributed by atoms with E-state index in [4.69, 9.17) is 4.74 Å². The van der Waals surface area contributed by atoms with Gasteiger partial charge in [0.05, 0.1) is 18.5 Å². The first-order valence-electron chi connectivity index (χ1n) is 8.56. The molecule has 2 N–H and O–H groups in total. The number of nitrogens with zero attached hydrogens (tertiary/aromatic N) is 1. The van der Waals surface area contributed by atoms with Crippen molar-refractivity contribution in [2.24, 2.45) is 0 Å². The average Bonchev–Trinajstić information content (AvgIpc) is 3.07. The van der Waals surface area contributed by atoms with Gasteiger partial charge in [0.15, 0.2) is 0 Å². The number of carboxylic acid groups (broad SMARTS) is 1. The first-order chi connectivity index (χ1) is 13.1. The summed E-state index contributed by atoms with van der Waals surface area (Å²) >= 11 is 0. The van der Waals surface area contributed by atoms with Gasteiger partial charge in [-0.1, -0.05) is 36.4 Å². The molecule has 1 amide bonds. The van der Waals surface area contributed by atoms with Crippen LogP contribution in [0.1, 0.15) is 34.0 Å². The zero-order valence-electron chi connectivity index (χ0n) is 14.7. The maximum atomic E-state index is 12.3. The van der Waals surface area contributed by atoms with Gasteiger partial charge in [-0.05, 0) is 17.7 Å². The van der Waals surface area contributed by atoms with Gasteiger partial charge in [-0.15, -0.1) is 0 Å². The third-order valence-electron chi connectivity index (χ3n) is 4.79. The van der Waals surface area contributed by atoms with E-state index in [0.29, 0.717) is 11.4 Å². The van der Waals surface area contributed by atoms with E-state index in [2.05, 4.69) is 5.32 Å². The first-order valence-corrected chi connectivity index (χ1v) is 8.56. The second kappa shape index (κ2) is 6.64. The molecule has 2 aromatic carbocycles. The van der Waals surface area contributed by atoms with Crippen LogP contribution >= 0.6 is 0 Å². The molecule has 0 saturated heterocycles. The van der Waals surface area contributed by atoms with Crippen molar-refractivity contribution in [3.63, 3.8) is 0 Å². The number of aromatic carboxylic acids is 1. The molecule has 2 heterocycles. The van der Waals surface area contributed by atoms with Gasteiger partial charge >= 0.3 is 5.97 Å². The second-order valence-electron chi connectivity index (χ2n) is 6.40. The van der Waals surface area contributed by atoms with Crippen LogP contribution in [0.25, 0.3) is 5.69 Å². The molecule has 1 atom stereocenters. The lowest BCUT2D eigenvalue weighted by Gasteiger charge is -2.26. The van der Waals surface area contributed by atoms with E-state index in [9.17, 15) is 14.7 Å². The molecule has 0 aliphatic carbocycles. The van der Waals surface area contributed by atoms with Crippen molar-refractivity contribution < 1.29 is 19.4 Å². The van der Waals surface area contributed by atoms with E-state index < -0.39 is 5.97 Å². The Morgan fingerprint density at radius 2 is 1.96 bits per heavy atom. The number of aromatic nitrogens is 1. The number of benzene rings is 2. The fourth-order valence-electron chi connectivity index (χ4n) is 3.56. The molecule has 1 aliphatic heterocycles. The molecule has 4 rings (SSSR count). The van der Waals surface area contributed by atoms with Gasteiger partial charge in [-0.2, -0.15) is 0 Å². The highest BCUT2D eigenvalue weighted by Gasteiger charge is 2.34. The van der Waals surface area contributed by atoms with Crippen molar-refractivity contribution in [2.75, 3.05) is 12.4 Å². The number of ether oxygens (including phenoxy) is 1. The summed E-state index contributed by atoms with van der Waals surface area (Å²) in [6.45, 7) is 0. The highest BCUT2D eigenvalue weighted by atomic mass is 16.5. The Morgan fingerprint density at radius 3 is 2.67 bits per heavy atom. The monoisotopic (exact) mass is 362 g/mol. The smallest absolute Gasteiger partial charge is 0.339 e. The summed E-state index contributed by atoms with van der Waals surface area (Å²) in [5.41, 5.74) is 2.92. The fourth-order valence-corrected chi connectivity index (χ4v) is 3.56. The van der Waals surface area contributed by atoms with Crippen LogP contribution < -0.4 is 10.1 Å². The van der Waals surface area contributed by atoms with Crippen molar-refractivity contribution in [1.29, 1.82) is 0 Å². The number of anilines is 1. The Morgan fingerprint density at radius 1 is 1.19 bits per heavy atom. The molecule has 0 spiro atoms. The zero-order valence-corrected chi connectivity index (χ0v) is 14.7. The molecular formula is C21H18N2O4. The zero-order chi connectivity index (χ0) is 19.0. The highest BCUT2D eigenvalue weighted by molar-refractivity contribution is 6.04. The van der Waals surface area contributed by atoms with E-state index in [1.807, 2.05) is 59.2 Å². The number of hydrogen-bond acceptors (Lipinski definition) is 3. The summed E-state index contributed by atoms with van der Waals surface area (Å²) in [6.07, 6.45) is 1.81. The molecule has 3 aromatic rings. The molecule has 6 nitrogen and oxygen atoms in total. The van der Waals surface area contributed by atoms with E-state index >= 15 is 0 Å². The number of rotatable bonds is 4. The Labute approximate surface area is 156 Å². The van der Waals surface area contributed by atoms with Gasteiger partial charge in [0.1, 0.15) is 11.3 Å². The number of fused-ring (bicyclic) bond motifs is 1. The lowest BCUT2D eigenvalue weighted by atomic mass is 9.88. The average molecular weight is 362 g/mol. The third-order valence-corrected chi connectivity index (χ3v) is 4.79. The van der Waals surface area contributed by atoms with Crippen molar-refractivity contribution in [1.82, 2.24) is 4.57 Å². The lowest BCUT2D eigenvalue weighted by Crippen LogP contribution is -2.25. The predicted molar refractivity (Wildman–Crippen MR) is 101 cm³/mol. The standard InChI is InChI=1S/C21H18N2O4/c1-27-15-9-5-8-14(10-15)23-12-17(21(25)26)19-20(23)16(11-18(24)22-19)13-6-3-2-4-7-13/h2-10,12,16H,11H2,1H3,(H,22,24)(H,25,26)/t16-/m0/s1. The SMILES string of the molecule is COc1cccc(-n2cc(C(=O)O)c3c2[C@H](c2ccccc2)CC(=O)N3)c1. The van der Waals surface area contributed by atoms with Crippen LogP contribution in [0.4, 0.5) is 5.69 Å². The number of carboxylic acids is 1. The largest absolute Gasteiger partial charge is 0.497 e. The molecule has 27 heavy (non-hydrogen) atoms. The third kappa shape index (κ3) is 2.95. The van der Waals surface area contributed by atoms with Crippen LogP contribution in [0.2, 0.25) is 0 Å². The van der Waals surface area contributed by atoms with Crippen LogP contribution in [-0.4, -0.2) is 28.7 Å². The minimum atomic E-state index is -1.08. The normalized spacial score (nSPS) is 15.7. The molecule has 1 aromatic heterocycles. The summed E-state index contributed by atoms with van der Waals surface area (Å²) in [4.78, 5) is 24.1. The first kappa shape index (κ1) is 16.9. The summed E-state index contributed by atoms with van der Waals surface area (Å²) in [5, 5.41) is 12.4. The molecule has 0 radical (unpaired) electrons. The number of amides is 1. The minimum Gasteiger partial charge on any atom is -0.497 e. The van der Waals surface area contributed by atoms with Gasteiger partial charge in [0, 0.05) is 30.3 Å². The van der Waals surface area contributed by atoms with Gasteiger partial charge < -0.3 is 19.7 Å². The Balaban J connectivity index is 1.97. The number of nitrogens with one attached hydrogen (secondary N) is 1. The maximum Gasteiger partial charge on any atom is 0.339 e. The molecule has 6 heteroatoms. The number of carbonyl (C=O) groups excluding carboxylic acids is 1. The summed E-state index contributed by atoms with van der Waals surface area (Å²) < 4.78 is 7.14. The number of hydrogen-bond donors (Lipinski definition) is 2. The van der Waals surface area contributed by atoms with Crippen molar-refractivity contribution in [3.05, 3.63) is 77.6 Å². The van der Waals surface area contributed by atoms with E-state index in [1.54, 1.807) is 13.3 Å². The van der Waals surface area contributed by atoms with Crippen molar-refractivity contribution in [3.8, 4) is 11.4 Å². The highest BCUT2D eigenvalue weighted by Crippen LogP contribution is 2.41. The fraction of sp³-hybridized carbons (Fsp3) is 0.143. The van der Waals surface area contributed by atoms with Crippen LogP contribution in [0.3, 0.4) is 0 Å². The molecule has 0 unspecified atom stereocenters. The molecule has 136 valence electrons. The molecule has 0 bridgehead atoms. The van der Waals surface area contributed by atoms with Crippen molar-refractivity contribution >= 4 is 17.6 Å². The minimum absolute atomic E-state index is 0.0711. The summed E-state index contributed by atoms with van der Waals surface area (Å²) in [7, 11) is 1.58. The quantitative estimate of drug-likeness (QED) is 0.742. The van der Waals surface area contributed by atoms with Gasteiger partial charge in [0.2, 0.25) is 5.91 Å². The predicted octanol–water partition coefficient (Wildman–Crippen LogP) is 3.66. The summed E-state index contributed by atoms with van der Waals surface area (Å²) in [6, 6.07) is 17.0. The van der Waals surface area contributed by atoms with Crippen LogP contribution in [0.5, 0.6) is 5.75 Å². The summed E-state index contributed by atoms with van der Waals surface area (Å²) in [5.74, 6) is -0.846. The number of methoxy groups -OCH3 is 1.